The van der Waals surface area contributed by atoms with E-state index >= 15 is 0 Å². The van der Waals surface area contributed by atoms with Crippen molar-refractivity contribution in [3.8, 4) is 5.00 Å². The van der Waals surface area contributed by atoms with Crippen LogP contribution < -0.4 is 10.6 Å². The Kier molecular flexibility index (Phi) is 11.9. The summed E-state index contributed by atoms with van der Waals surface area (Å²) in [5, 5.41) is 15.8. The van der Waals surface area contributed by atoms with Crippen LogP contribution in [0.4, 0.5) is 0 Å². The van der Waals surface area contributed by atoms with E-state index in [1.165, 1.54) is 11.9 Å². The highest BCUT2D eigenvalue weighted by Gasteiger charge is 2.35. The molecule has 0 spiro atoms. The van der Waals surface area contributed by atoms with Gasteiger partial charge in [0.1, 0.15) is 22.9 Å². The van der Waals surface area contributed by atoms with Gasteiger partial charge in [-0.3, -0.25) is 29.3 Å². The molecule has 0 saturated carbocycles. The fourth-order valence-corrected chi connectivity index (χ4v) is 9.48. The number of hydrogen-bond acceptors (Lipinski definition) is 9. The van der Waals surface area contributed by atoms with Crippen molar-refractivity contribution in [2.24, 2.45) is 4.99 Å². The summed E-state index contributed by atoms with van der Waals surface area (Å²) in [6.45, 7) is 6.66. The Bertz CT molecular complexity index is 2140. The molecule has 2 aromatic carbocycles. The molecule has 2 atom stereocenters. The summed E-state index contributed by atoms with van der Waals surface area (Å²) in [6.07, 6.45) is 5.47. The molecule has 0 bridgehead atoms. The number of aliphatic imine (C=N–C) groups is 1. The van der Waals surface area contributed by atoms with Gasteiger partial charge in [-0.1, -0.05) is 48.7 Å². The number of nitrogens with zero attached hydrogens (tertiary/aromatic N) is 5. The maximum absolute atomic E-state index is 13.3. The predicted molar refractivity (Wildman–Crippen MR) is 205 cm³/mol. The third kappa shape index (κ3) is 8.45. The van der Waals surface area contributed by atoms with Crippen LogP contribution in [0.3, 0.4) is 0 Å². The van der Waals surface area contributed by atoms with Crippen LogP contribution in [0.5, 0.6) is 0 Å². The molecule has 2 N–H and O–H groups in total. The number of carbonyl (C=O) groups excluding carboxylic acids is 3. The van der Waals surface area contributed by atoms with Gasteiger partial charge < -0.3 is 5.32 Å². The highest BCUT2D eigenvalue weighted by Crippen LogP contribution is 2.39. The van der Waals surface area contributed by atoms with Crippen LogP contribution in [-0.2, 0) is 30.8 Å². The lowest BCUT2D eigenvalue weighted by molar-refractivity contribution is -0.131. The number of unbranched alkanes of at least 4 members (excludes halogenated alkanes) is 3. The number of carbonyl (C=O) groups is 3. The second-order valence-electron chi connectivity index (χ2n) is 13.6. The van der Waals surface area contributed by atoms with Gasteiger partial charge in [-0.25, -0.2) is 8.42 Å². The van der Waals surface area contributed by atoms with Gasteiger partial charge in [0.2, 0.25) is 27.7 Å². The van der Waals surface area contributed by atoms with Gasteiger partial charge in [-0.15, -0.1) is 21.5 Å². The predicted octanol–water partition coefficient (Wildman–Crippen LogP) is 5.92. The van der Waals surface area contributed by atoms with E-state index in [1.54, 1.807) is 35.6 Å². The molecular weight excluding hydrogens is 734 g/mol. The quantitative estimate of drug-likeness (QED) is 0.126. The number of amides is 3. The number of imide groups is 1. The fraction of sp³-hybridized carbons (Fsp3) is 0.421. The standard InChI is InChI=1S/C38H44ClN7O5S2/c1-23-24(2)52-38-34(23)35(27-15-17-28(39)18-16-27)41-30(36-44-43-25(3)46(36)38)22-33(48)40-21-8-6-5-7-10-26-13-19-29(20-14-26)53(50,51)45(4)31-11-9-12-32(47)42-37(31)49/h13-20,30-31H,5-12,21-22H2,1-4H3,(H,40,48)(H,42,47,49)/t30-,31?/m0/s1. The molecule has 6 rings (SSSR count). The molecule has 280 valence electrons. The molecule has 1 unspecified atom stereocenters. The van der Waals surface area contributed by atoms with Crippen molar-refractivity contribution in [1.82, 2.24) is 29.7 Å². The maximum Gasteiger partial charge on any atom is 0.244 e. The average Bonchev–Trinajstić information content (AvgIpc) is 3.54. The summed E-state index contributed by atoms with van der Waals surface area (Å²) in [5.74, 6) is 0.317. The van der Waals surface area contributed by atoms with Gasteiger partial charge >= 0.3 is 0 Å². The fourth-order valence-electron chi connectivity index (χ4n) is 6.79. The smallest absolute Gasteiger partial charge is 0.244 e. The zero-order valence-electron chi connectivity index (χ0n) is 30.3. The Labute approximate surface area is 319 Å². The van der Waals surface area contributed by atoms with E-state index in [9.17, 15) is 22.8 Å². The second-order valence-corrected chi connectivity index (χ2v) is 17.2. The van der Waals surface area contributed by atoms with Gasteiger partial charge in [-0.2, -0.15) is 4.31 Å². The molecule has 0 aliphatic carbocycles. The molecule has 3 amide bonds. The van der Waals surface area contributed by atoms with E-state index < -0.39 is 28.0 Å². The molecule has 4 aromatic rings. The third-order valence-electron chi connectivity index (χ3n) is 9.94. The number of rotatable bonds is 13. The average molecular weight is 778 g/mol. The summed E-state index contributed by atoms with van der Waals surface area (Å²) in [4.78, 5) is 43.8. The Morgan fingerprint density at radius 1 is 1.02 bits per heavy atom. The number of hydrogen-bond donors (Lipinski definition) is 2. The first-order chi connectivity index (χ1) is 25.3. The van der Waals surface area contributed by atoms with Gasteiger partial charge in [0.05, 0.1) is 17.0 Å². The zero-order chi connectivity index (χ0) is 37.9. The van der Waals surface area contributed by atoms with E-state index in [1.807, 2.05) is 35.8 Å². The number of aryl methyl sites for hydroxylation is 3. The topological polar surface area (TPSA) is 156 Å². The molecule has 2 aliphatic rings. The first kappa shape index (κ1) is 38.5. The summed E-state index contributed by atoms with van der Waals surface area (Å²) in [7, 11) is -2.53. The maximum atomic E-state index is 13.3. The number of sulfonamides is 1. The van der Waals surface area contributed by atoms with Gasteiger partial charge in [0, 0.05) is 41.0 Å². The zero-order valence-corrected chi connectivity index (χ0v) is 32.7. The van der Waals surface area contributed by atoms with E-state index in [0.717, 1.165) is 75.2 Å². The monoisotopic (exact) mass is 777 g/mol. The second kappa shape index (κ2) is 16.4. The number of nitrogens with one attached hydrogen (secondary N) is 2. The van der Waals surface area contributed by atoms with Crippen LogP contribution in [0, 0.1) is 20.8 Å². The minimum Gasteiger partial charge on any atom is -0.356 e. The van der Waals surface area contributed by atoms with Crippen molar-refractivity contribution >= 4 is 56.4 Å². The third-order valence-corrected chi connectivity index (χ3v) is 13.3. The van der Waals surface area contributed by atoms with Crippen LogP contribution in [0.1, 0.15) is 96.2 Å². The van der Waals surface area contributed by atoms with Crippen molar-refractivity contribution in [2.45, 2.75) is 95.5 Å². The van der Waals surface area contributed by atoms with Gasteiger partial charge in [0.15, 0.2) is 5.82 Å². The molecule has 15 heteroatoms. The first-order valence-corrected chi connectivity index (χ1v) is 20.5. The lowest BCUT2D eigenvalue weighted by Crippen LogP contribution is -2.47. The number of halogens is 1. The number of fused-ring (bicyclic) bond motifs is 3. The van der Waals surface area contributed by atoms with Crippen molar-refractivity contribution < 1.29 is 22.8 Å². The Balaban J connectivity index is 0.997. The SMILES string of the molecule is Cc1sc2c(c1C)C(c1ccc(Cl)cc1)=N[C@@H](CC(=O)NCCCCCCc1ccc(S(=O)(=O)N(C)C3CCCC(=O)NC3=O)cc1)c1nnc(C)n1-2. The molecular formula is C38H44ClN7O5S2. The first-order valence-electron chi connectivity index (χ1n) is 17.9. The molecule has 1 fully saturated rings. The van der Waals surface area contributed by atoms with Crippen molar-refractivity contribution in [3.05, 3.63) is 92.3 Å². The summed E-state index contributed by atoms with van der Waals surface area (Å²) >= 11 is 7.89. The minimum atomic E-state index is -3.91. The minimum absolute atomic E-state index is 0.103. The van der Waals surface area contributed by atoms with Crippen LogP contribution in [0.25, 0.3) is 5.00 Å². The Hall–Kier alpha value is -4.24. The van der Waals surface area contributed by atoms with E-state index in [4.69, 9.17) is 16.6 Å². The van der Waals surface area contributed by atoms with E-state index in [0.29, 0.717) is 23.8 Å². The number of thiophene rings is 1. The van der Waals surface area contributed by atoms with Gasteiger partial charge in [-0.05, 0) is 88.3 Å². The van der Waals surface area contributed by atoms with E-state index in [2.05, 4.69) is 34.7 Å². The molecule has 0 radical (unpaired) electrons. The summed E-state index contributed by atoms with van der Waals surface area (Å²) < 4.78 is 29.6. The molecule has 1 saturated heterocycles. The molecule has 2 aliphatic heterocycles. The number of benzene rings is 2. The van der Waals surface area contributed by atoms with Gasteiger partial charge in [0.25, 0.3) is 0 Å². The normalized spacial score (nSPS) is 17.4. The largest absolute Gasteiger partial charge is 0.356 e. The Morgan fingerprint density at radius 2 is 1.74 bits per heavy atom. The van der Waals surface area contributed by atoms with Crippen LogP contribution >= 0.6 is 22.9 Å². The lowest BCUT2D eigenvalue weighted by atomic mass is 9.99. The van der Waals surface area contributed by atoms with E-state index in [-0.39, 0.29) is 36.0 Å². The summed E-state index contributed by atoms with van der Waals surface area (Å²) in [5.41, 5.74) is 4.91. The molecule has 2 aromatic heterocycles. The van der Waals surface area contributed by atoms with Crippen LogP contribution in [0.15, 0.2) is 58.4 Å². The van der Waals surface area contributed by atoms with Crippen molar-refractivity contribution in [3.63, 3.8) is 0 Å². The van der Waals surface area contributed by atoms with Crippen LogP contribution in [-0.4, -0.2) is 70.6 Å². The molecule has 4 heterocycles. The lowest BCUT2D eigenvalue weighted by Gasteiger charge is -2.25. The molecule has 12 nitrogen and oxygen atoms in total. The summed E-state index contributed by atoms with van der Waals surface area (Å²) in [6, 6.07) is 12.9. The van der Waals surface area contributed by atoms with Crippen molar-refractivity contribution in [2.75, 3.05) is 13.6 Å². The highest BCUT2D eigenvalue weighted by molar-refractivity contribution is 7.89. The molecule has 53 heavy (non-hydrogen) atoms. The highest BCUT2D eigenvalue weighted by atomic mass is 35.5. The Morgan fingerprint density at radius 3 is 2.47 bits per heavy atom. The van der Waals surface area contributed by atoms with Crippen LogP contribution in [0.2, 0.25) is 5.02 Å². The number of likely N-dealkylation sites (N-methyl/N-ethyl adjacent to an activating group) is 1. The van der Waals surface area contributed by atoms with Crippen molar-refractivity contribution in [1.29, 1.82) is 0 Å². The number of aromatic nitrogens is 3.